The maximum atomic E-state index is 11.9. The van der Waals surface area contributed by atoms with Crippen LogP contribution in [0.3, 0.4) is 0 Å². The third-order valence-electron chi connectivity index (χ3n) is 2.88. The third-order valence-corrected chi connectivity index (χ3v) is 2.88. The van der Waals surface area contributed by atoms with Crippen molar-refractivity contribution in [2.45, 2.75) is 6.92 Å². The van der Waals surface area contributed by atoms with Gasteiger partial charge in [0, 0.05) is 19.2 Å². The third kappa shape index (κ3) is 4.16. The summed E-state index contributed by atoms with van der Waals surface area (Å²) in [6.45, 7) is 1.73. The number of anilines is 1. The smallest absolute Gasteiger partial charge is 0.314 e. The van der Waals surface area contributed by atoms with Gasteiger partial charge in [0.05, 0.1) is 30.4 Å². The molecule has 0 aromatic heterocycles. The average molecular weight is 311 g/mol. The number of hydrogen-bond acceptors (Lipinski definition) is 6. The molecule has 0 heterocycles. The molecule has 2 amide bonds. The van der Waals surface area contributed by atoms with Crippen LogP contribution >= 0.6 is 0 Å². The van der Waals surface area contributed by atoms with Crippen molar-refractivity contribution in [3.63, 3.8) is 0 Å². The number of carbonyl (C=O) groups is 2. The Labute approximate surface area is 126 Å². The van der Waals surface area contributed by atoms with E-state index in [2.05, 4.69) is 5.32 Å². The van der Waals surface area contributed by atoms with Gasteiger partial charge in [-0.1, -0.05) is 0 Å². The number of aliphatic hydroxyl groups is 1. The second-order valence-corrected chi connectivity index (χ2v) is 4.20. The highest BCUT2D eigenvalue weighted by atomic mass is 16.6. The summed E-state index contributed by atoms with van der Waals surface area (Å²) in [4.78, 5) is 35.1. The Kier molecular flexibility index (Phi) is 6.26. The second kappa shape index (κ2) is 7.93. The molecule has 9 nitrogen and oxygen atoms in total. The van der Waals surface area contributed by atoms with Crippen LogP contribution < -0.4 is 10.1 Å². The second-order valence-electron chi connectivity index (χ2n) is 4.20. The van der Waals surface area contributed by atoms with Gasteiger partial charge in [-0.2, -0.15) is 0 Å². The van der Waals surface area contributed by atoms with E-state index in [0.29, 0.717) is 0 Å². The Balaban J connectivity index is 2.92. The molecule has 0 atom stereocenters. The molecule has 0 bridgehead atoms. The first-order valence-corrected chi connectivity index (χ1v) is 6.48. The summed E-state index contributed by atoms with van der Waals surface area (Å²) in [5.41, 5.74) is -0.0526. The van der Waals surface area contributed by atoms with Gasteiger partial charge in [-0.3, -0.25) is 19.7 Å². The molecule has 1 aromatic rings. The molecule has 1 rings (SSSR count). The summed E-state index contributed by atoms with van der Waals surface area (Å²) in [6.07, 6.45) is 0. The topological polar surface area (TPSA) is 122 Å². The highest BCUT2D eigenvalue weighted by molar-refractivity contribution is 6.39. The van der Waals surface area contributed by atoms with Gasteiger partial charge in [0.2, 0.25) is 0 Å². The van der Waals surface area contributed by atoms with E-state index in [1.807, 2.05) is 0 Å². The van der Waals surface area contributed by atoms with E-state index in [1.165, 1.54) is 24.1 Å². The molecule has 2 N–H and O–H groups in total. The first-order valence-electron chi connectivity index (χ1n) is 6.48. The van der Waals surface area contributed by atoms with Gasteiger partial charge in [-0.25, -0.2) is 0 Å². The van der Waals surface area contributed by atoms with Gasteiger partial charge in [-0.05, 0) is 13.0 Å². The summed E-state index contributed by atoms with van der Waals surface area (Å²) >= 11 is 0. The van der Waals surface area contributed by atoms with Crippen molar-refractivity contribution in [1.82, 2.24) is 4.90 Å². The normalized spacial score (nSPS) is 9.95. The molecule has 0 saturated carbocycles. The number of amides is 2. The van der Waals surface area contributed by atoms with E-state index < -0.39 is 16.7 Å². The Morgan fingerprint density at radius 1 is 1.45 bits per heavy atom. The van der Waals surface area contributed by atoms with E-state index in [1.54, 1.807) is 6.92 Å². The number of rotatable bonds is 6. The van der Waals surface area contributed by atoms with Crippen LogP contribution in [0.1, 0.15) is 6.92 Å². The zero-order valence-electron chi connectivity index (χ0n) is 12.2. The fraction of sp³-hybridized carbons (Fsp3) is 0.385. The lowest BCUT2D eigenvalue weighted by Crippen LogP contribution is -2.41. The van der Waals surface area contributed by atoms with Crippen LogP contribution in [0.2, 0.25) is 0 Å². The number of methoxy groups -OCH3 is 1. The Morgan fingerprint density at radius 2 is 2.14 bits per heavy atom. The highest BCUT2D eigenvalue weighted by Gasteiger charge is 2.22. The number of carbonyl (C=O) groups excluding carboxylic acids is 2. The number of aliphatic hydroxyl groups excluding tert-OH is 1. The Morgan fingerprint density at radius 3 is 2.64 bits per heavy atom. The largest absolute Gasteiger partial charge is 0.494 e. The van der Waals surface area contributed by atoms with E-state index in [4.69, 9.17) is 9.84 Å². The zero-order valence-corrected chi connectivity index (χ0v) is 12.2. The number of non-ortho nitro benzene ring substituents is 1. The molecule has 120 valence electrons. The molecule has 9 heteroatoms. The molecule has 22 heavy (non-hydrogen) atoms. The quantitative estimate of drug-likeness (QED) is 0.445. The molecule has 0 aliphatic heterocycles. The SMILES string of the molecule is CCN(CCO)C(=O)C(=O)Nc1ccc([N+](=O)[O-])cc1OC. The minimum atomic E-state index is -0.914. The Hall–Kier alpha value is -2.68. The lowest BCUT2D eigenvalue weighted by atomic mass is 10.2. The lowest BCUT2D eigenvalue weighted by Gasteiger charge is -2.19. The number of nitro groups is 1. The molecule has 0 fully saturated rings. The number of nitrogens with zero attached hydrogens (tertiary/aromatic N) is 2. The van der Waals surface area contributed by atoms with Crippen LogP contribution in [0.5, 0.6) is 5.75 Å². The highest BCUT2D eigenvalue weighted by Crippen LogP contribution is 2.28. The molecule has 0 spiro atoms. The van der Waals surface area contributed by atoms with Gasteiger partial charge in [0.15, 0.2) is 0 Å². The van der Waals surface area contributed by atoms with Crippen molar-refractivity contribution in [2.24, 2.45) is 0 Å². The maximum Gasteiger partial charge on any atom is 0.314 e. The number of nitro benzene ring substituents is 1. The Bertz CT molecular complexity index is 575. The standard InChI is InChI=1S/C13H17N3O6/c1-3-15(6-7-17)13(19)12(18)14-10-5-4-9(16(20)21)8-11(10)22-2/h4-5,8,17H,3,6-7H2,1-2H3,(H,14,18). The number of nitrogens with one attached hydrogen (secondary N) is 1. The van der Waals surface area contributed by atoms with Crippen LogP contribution in [0.25, 0.3) is 0 Å². The van der Waals surface area contributed by atoms with Gasteiger partial charge >= 0.3 is 11.8 Å². The fourth-order valence-corrected chi connectivity index (χ4v) is 1.74. The fourth-order valence-electron chi connectivity index (χ4n) is 1.74. The van der Waals surface area contributed by atoms with E-state index in [-0.39, 0.29) is 36.8 Å². The molecular formula is C13H17N3O6. The van der Waals surface area contributed by atoms with E-state index >= 15 is 0 Å². The summed E-state index contributed by atoms with van der Waals surface area (Å²) in [7, 11) is 1.29. The predicted molar refractivity (Wildman–Crippen MR) is 77.6 cm³/mol. The molecule has 0 saturated heterocycles. The summed E-state index contributed by atoms with van der Waals surface area (Å²) in [5.74, 6) is -1.65. The van der Waals surface area contributed by atoms with Gasteiger partial charge in [0.25, 0.3) is 5.69 Å². The van der Waals surface area contributed by atoms with Crippen molar-refractivity contribution in [1.29, 1.82) is 0 Å². The van der Waals surface area contributed by atoms with E-state index in [0.717, 1.165) is 6.07 Å². The van der Waals surface area contributed by atoms with Gasteiger partial charge in [0.1, 0.15) is 5.75 Å². The molecule has 0 unspecified atom stereocenters. The first-order chi connectivity index (χ1) is 10.4. The number of likely N-dealkylation sites (N-methyl/N-ethyl adjacent to an activating group) is 1. The van der Waals surface area contributed by atoms with E-state index in [9.17, 15) is 19.7 Å². The van der Waals surface area contributed by atoms with Crippen molar-refractivity contribution in [3.05, 3.63) is 28.3 Å². The summed E-state index contributed by atoms with van der Waals surface area (Å²) < 4.78 is 4.97. The van der Waals surface area contributed by atoms with Crippen molar-refractivity contribution in [2.75, 3.05) is 32.1 Å². The van der Waals surface area contributed by atoms with Gasteiger partial charge in [-0.15, -0.1) is 0 Å². The number of hydrogen-bond donors (Lipinski definition) is 2. The summed E-state index contributed by atoms with van der Waals surface area (Å²) in [5, 5.41) is 21.9. The van der Waals surface area contributed by atoms with Crippen molar-refractivity contribution in [3.8, 4) is 5.75 Å². The molecule has 0 radical (unpaired) electrons. The summed E-state index contributed by atoms with van der Waals surface area (Å²) in [6, 6.07) is 3.61. The number of ether oxygens (including phenoxy) is 1. The monoisotopic (exact) mass is 311 g/mol. The molecular weight excluding hydrogens is 294 g/mol. The van der Waals surface area contributed by atoms with Crippen LogP contribution in [0.4, 0.5) is 11.4 Å². The van der Waals surface area contributed by atoms with Crippen LogP contribution in [0.15, 0.2) is 18.2 Å². The maximum absolute atomic E-state index is 11.9. The van der Waals surface area contributed by atoms with Crippen molar-refractivity contribution >= 4 is 23.2 Å². The predicted octanol–water partition coefficient (Wildman–Crippen LogP) is 0.383. The van der Waals surface area contributed by atoms with Crippen LogP contribution in [0, 0.1) is 10.1 Å². The number of benzene rings is 1. The zero-order chi connectivity index (χ0) is 16.7. The minimum absolute atomic E-state index is 0.0418. The average Bonchev–Trinajstić information content (AvgIpc) is 2.51. The molecule has 0 aliphatic rings. The van der Waals surface area contributed by atoms with Gasteiger partial charge < -0.3 is 20.1 Å². The lowest BCUT2D eigenvalue weighted by molar-refractivity contribution is -0.384. The minimum Gasteiger partial charge on any atom is -0.494 e. The molecule has 0 aliphatic carbocycles. The van der Waals surface area contributed by atoms with Crippen LogP contribution in [-0.4, -0.2) is 53.6 Å². The first kappa shape index (κ1) is 17.4. The van der Waals surface area contributed by atoms with Crippen LogP contribution in [-0.2, 0) is 9.59 Å². The van der Waals surface area contributed by atoms with Crippen molar-refractivity contribution < 1.29 is 24.4 Å². The molecule has 1 aromatic carbocycles.